The number of carbonyl (C=O) groups is 1. The van der Waals surface area contributed by atoms with E-state index < -0.39 is 0 Å². The third-order valence-electron chi connectivity index (χ3n) is 2.75. The summed E-state index contributed by atoms with van der Waals surface area (Å²) in [5.41, 5.74) is 3.58. The van der Waals surface area contributed by atoms with Gasteiger partial charge in [-0.3, -0.25) is 10.2 Å². The molecule has 1 N–H and O–H groups in total. The van der Waals surface area contributed by atoms with Gasteiger partial charge in [-0.15, -0.1) is 6.58 Å². The first-order valence-electron chi connectivity index (χ1n) is 5.73. The monoisotopic (exact) mass is 228 g/mol. The smallest absolute Gasteiger partial charge is 0.265 e. The zero-order valence-corrected chi connectivity index (χ0v) is 9.67. The van der Waals surface area contributed by atoms with Crippen LogP contribution in [-0.2, 0) is 0 Å². The van der Waals surface area contributed by atoms with Gasteiger partial charge in [0.2, 0.25) is 0 Å². The first-order chi connectivity index (χ1) is 8.31. The number of benzene rings is 1. The van der Waals surface area contributed by atoms with Crippen molar-refractivity contribution >= 4 is 5.91 Å². The summed E-state index contributed by atoms with van der Waals surface area (Å²) < 4.78 is 0. The van der Waals surface area contributed by atoms with Crippen LogP contribution in [0.4, 0.5) is 0 Å². The molecule has 1 aromatic rings. The Morgan fingerprint density at radius 3 is 2.88 bits per heavy atom. The van der Waals surface area contributed by atoms with Crippen molar-refractivity contribution in [1.29, 1.82) is 0 Å². The molecule has 1 aromatic carbocycles. The Kier molecular flexibility index (Phi) is 3.73. The minimum absolute atomic E-state index is 0.0762. The summed E-state index contributed by atoms with van der Waals surface area (Å²) in [7, 11) is 0. The van der Waals surface area contributed by atoms with Crippen molar-refractivity contribution in [2.75, 3.05) is 6.54 Å². The van der Waals surface area contributed by atoms with Gasteiger partial charge in [0.1, 0.15) is 0 Å². The van der Waals surface area contributed by atoms with Crippen molar-refractivity contribution in [3.8, 4) is 0 Å². The predicted octanol–water partition coefficient (Wildman–Crippen LogP) is 2.15. The van der Waals surface area contributed by atoms with E-state index in [1.807, 2.05) is 35.4 Å². The molecule has 0 aliphatic carbocycles. The lowest BCUT2D eigenvalue weighted by atomic mass is 10.1. The van der Waals surface area contributed by atoms with Gasteiger partial charge < -0.3 is 0 Å². The Morgan fingerprint density at radius 1 is 1.41 bits per heavy atom. The number of hydrazine groups is 1. The zero-order chi connectivity index (χ0) is 12.1. The SMILES string of the molecule is C=CC1C=CCCN1NC(=O)c1ccccc1. The molecule has 1 heterocycles. The van der Waals surface area contributed by atoms with Crippen LogP contribution in [0.1, 0.15) is 16.8 Å². The third kappa shape index (κ3) is 2.82. The molecule has 3 nitrogen and oxygen atoms in total. The van der Waals surface area contributed by atoms with Crippen LogP contribution in [0.25, 0.3) is 0 Å². The summed E-state index contributed by atoms with van der Waals surface area (Å²) in [6, 6.07) is 9.30. The summed E-state index contributed by atoms with van der Waals surface area (Å²) in [6.07, 6.45) is 6.92. The average Bonchev–Trinajstić information content (AvgIpc) is 2.40. The van der Waals surface area contributed by atoms with Gasteiger partial charge in [0.05, 0.1) is 6.04 Å². The molecule has 1 atom stereocenters. The Morgan fingerprint density at radius 2 is 2.18 bits per heavy atom. The second-order valence-corrected chi connectivity index (χ2v) is 3.94. The number of amides is 1. The van der Waals surface area contributed by atoms with Gasteiger partial charge >= 0.3 is 0 Å². The van der Waals surface area contributed by atoms with Crippen molar-refractivity contribution in [2.45, 2.75) is 12.5 Å². The number of rotatable bonds is 3. The number of hydrogen-bond donors (Lipinski definition) is 1. The molecule has 1 amide bonds. The van der Waals surface area contributed by atoms with Gasteiger partial charge in [-0.2, -0.15) is 0 Å². The van der Waals surface area contributed by atoms with Crippen molar-refractivity contribution in [3.05, 3.63) is 60.7 Å². The molecule has 0 aromatic heterocycles. The van der Waals surface area contributed by atoms with Crippen LogP contribution in [0.15, 0.2) is 55.1 Å². The molecule has 0 saturated heterocycles. The summed E-state index contributed by atoms with van der Waals surface area (Å²) in [4.78, 5) is 12.0. The highest BCUT2D eigenvalue weighted by molar-refractivity contribution is 5.93. The standard InChI is InChI=1S/C14H16N2O/c1-2-13-10-6-7-11-16(13)15-14(17)12-8-4-3-5-9-12/h2-6,8-10,13H,1,7,11H2,(H,15,17). The number of hydrogen-bond acceptors (Lipinski definition) is 2. The van der Waals surface area contributed by atoms with Gasteiger partial charge in [-0.25, -0.2) is 5.01 Å². The average molecular weight is 228 g/mol. The van der Waals surface area contributed by atoms with Gasteiger partial charge in [-0.05, 0) is 18.6 Å². The Hall–Kier alpha value is -1.87. The maximum atomic E-state index is 12.0. The van der Waals surface area contributed by atoms with Crippen molar-refractivity contribution < 1.29 is 4.79 Å². The molecular weight excluding hydrogens is 212 g/mol. The lowest BCUT2D eigenvalue weighted by molar-refractivity contribution is 0.0763. The molecule has 0 bridgehead atoms. The molecule has 1 aliphatic heterocycles. The molecular formula is C14H16N2O. The van der Waals surface area contributed by atoms with Crippen LogP contribution in [0.5, 0.6) is 0 Å². The predicted molar refractivity (Wildman–Crippen MR) is 68.4 cm³/mol. The maximum Gasteiger partial charge on any atom is 0.265 e. The van der Waals surface area contributed by atoms with E-state index in [4.69, 9.17) is 0 Å². The molecule has 0 saturated carbocycles. The Labute approximate surface area is 101 Å². The summed E-state index contributed by atoms with van der Waals surface area (Å²) in [5.74, 6) is -0.0762. The largest absolute Gasteiger partial charge is 0.284 e. The Bertz CT molecular complexity index is 425. The van der Waals surface area contributed by atoms with Crippen LogP contribution < -0.4 is 5.43 Å². The van der Waals surface area contributed by atoms with Gasteiger partial charge in [0, 0.05) is 12.1 Å². The highest BCUT2D eigenvalue weighted by Crippen LogP contribution is 2.09. The quantitative estimate of drug-likeness (QED) is 0.804. The fourth-order valence-corrected chi connectivity index (χ4v) is 1.82. The lowest BCUT2D eigenvalue weighted by Crippen LogP contribution is -2.48. The van der Waals surface area contributed by atoms with E-state index in [0.29, 0.717) is 5.56 Å². The van der Waals surface area contributed by atoms with Gasteiger partial charge in [0.15, 0.2) is 0 Å². The van der Waals surface area contributed by atoms with Crippen LogP contribution in [0.3, 0.4) is 0 Å². The molecule has 1 unspecified atom stereocenters. The summed E-state index contributed by atoms with van der Waals surface area (Å²) >= 11 is 0. The van der Waals surface area contributed by atoms with E-state index in [1.54, 1.807) is 12.1 Å². The van der Waals surface area contributed by atoms with Crippen molar-refractivity contribution in [3.63, 3.8) is 0 Å². The van der Waals surface area contributed by atoms with E-state index in [1.165, 1.54) is 0 Å². The van der Waals surface area contributed by atoms with Crippen LogP contribution in [0.2, 0.25) is 0 Å². The van der Waals surface area contributed by atoms with Gasteiger partial charge in [-0.1, -0.05) is 36.4 Å². The number of nitrogens with zero attached hydrogens (tertiary/aromatic N) is 1. The van der Waals surface area contributed by atoms with E-state index in [2.05, 4.69) is 18.1 Å². The normalized spacial score (nSPS) is 19.9. The second-order valence-electron chi connectivity index (χ2n) is 3.94. The molecule has 0 spiro atoms. The molecule has 2 rings (SSSR count). The third-order valence-corrected chi connectivity index (χ3v) is 2.75. The van der Waals surface area contributed by atoms with Crippen LogP contribution in [0, 0.1) is 0 Å². The highest BCUT2D eigenvalue weighted by Gasteiger charge is 2.18. The first kappa shape index (κ1) is 11.6. The zero-order valence-electron chi connectivity index (χ0n) is 9.67. The van der Waals surface area contributed by atoms with Crippen molar-refractivity contribution in [1.82, 2.24) is 10.4 Å². The first-order valence-corrected chi connectivity index (χ1v) is 5.73. The fourth-order valence-electron chi connectivity index (χ4n) is 1.82. The topological polar surface area (TPSA) is 32.3 Å². The lowest BCUT2D eigenvalue weighted by Gasteiger charge is -2.30. The fraction of sp³-hybridized carbons (Fsp3) is 0.214. The molecule has 88 valence electrons. The molecule has 3 heteroatoms. The summed E-state index contributed by atoms with van der Waals surface area (Å²) in [5, 5.41) is 1.91. The highest BCUT2D eigenvalue weighted by atomic mass is 16.2. The van der Waals surface area contributed by atoms with E-state index in [9.17, 15) is 4.79 Å². The van der Waals surface area contributed by atoms with E-state index >= 15 is 0 Å². The minimum atomic E-state index is -0.0762. The number of nitrogens with one attached hydrogen (secondary N) is 1. The van der Waals surface area contributed by atoms with Gasteiger partial charge in [0.25, 0.3) is 5.91 Å². The van der Waals surface area contributed by atoms with Crippen LogP contribution >= 0.6 is 0 Å². The van der Waals surface area contributed by atoms with Crippen molar-refractivity contribution in [2.24, 2.45) is 0 Å². The maximum absolute atomic E-state index is 12.0. The van der Waals surface area contributed by atoms with Crippen LogP contribution in [-0.4, -0.2) is 23.5 Å². The van der Waals surface area contributed by atoms with E-state index in [0.717, 1.165) is 13.0 Å². The molecule has 17 heavy (non-hydrogen) atoms. The molecule has 0 radical (unpaired) electrons. The molecule has 1 aliphatic rings. The molecule has 0 fully saturated rings. The minimum Gasteiger partial charge on any atom is -0.284 e. The second kappa shape index (κ2) is 5.46. The van der Waals surface area contributed by atoms with E-state index in [-0.39, 0.29) is 11.9 Å². The number of carbonyl (C=O) groups excluding carboxylic acids is 1. The summed E-state index contributed by atoms with van der Waals surface area (Å²) in [6.45, 7) is 4.58. The Balaban J connectivity index is 2.03.